The van der Waals surface area contributed by atoms with Crippen LogP contribution in [-0.4, -0.2) is 17.7 Å². The van der Waals surface area contributed by atoms with Crippen LogP contribution in [0.3, 0.4) is 0 Å². The molecule has 4 nitrogen and oxygen atoms in total. The highest BCUT2D eigenvalue weighted by atomic mass is 35.5. The van der Waals surface area contributed by atoms with Gasteiger partial charge in [-0.25, -0.2) is 5.43 Å². The van der Waals surface area contributed by atoms with Gasteiger partial charge in [-0.05, 0) is 60.5 Å². The molecule has 0 bridgehead atoms. The zero-order chi connectivity index (χ0) is 18.5. The molecule has 0 saturated heterocycles. The highest BCUT2D eigenvalue weighted by Crippen LogP contribution is 2.16. The molecule has 0 aromatic heterocycles. The summed E-state index contributed by atoms with van der Waals surface area (Å²) in [6.07, 6.45) is 0. The van der Waals surface area contributed by atoms with Crippen molar-refractivity contribution >= 4 is 39.7 Å². The maximum absolute atomic E-state index is 12.3. The molecule has 26 heavy (non-hydrogen) atoms. The molecule has 2 N–H and O–H groups in total. The minimum absolute atomic E-state index is 0.208. The number of hydrogen-bond acceptors (Lipinski definition) is 3. The van der Waals surface area contributed by atoms with E-state index in [2.05, 4.69) is 40.1 Å². The van der Waals surface area contributed by atoms with Gasteiger partial charge in [0.2, 0.25) is 0 Å². The van der Waals surface area contributed by atoms with Crippen molar-refractivity contribution < 1.29 is 4.79 Å². The van der Waals surface area contributed by atoms with Gasteiger partial charge in [-0.2, -0.15) is 5.10 Å². The van der Waals surface area contributed by atoms with Gasteiger partial charge in [-0.3, -0.25) is 4.79 Å². The van der Waals surface area contributed by atoms with E-state index in [1.165, 1.54) is 5.39 Å². The Hall–Kier alpha value is -2.85. The normalized spacial score (nSPS) is 12.7. The third-order valence-electron chi connectivity index (χ3n) is 4.12. The van der Waals surface area contributed by atoms with E-state index < -0.39 is 6.04 Å². The zero-order valence-electron chi connectivity index (χ0n) is 14.7. The molecule has 3 rings (SSSR count). The lowest BCUT2D eigenvalue weighted by molar-refractivity contribution is -0.121. The minimum Gasteiger partial charge on any atom is -0.374 e. The third-order valence-corrected chi connectivity index (χ3v) is 4.37. The lowest BCUT2D eigenvalue weighted by Crippen LogP contribution is -2.35. The van der Waals surface area contributed by atoms with Gasteiger partial charge in [0, 0.05) is 10.7 Å². The van der Waals surface area contributed by atoms with Crippen LogP contribution >= 0.6 is 11.6 Å². The predicted octanol–water partition coefficient (Wildman–Crippen LogP) is 4.83. The van der Waals surface area contributed by atoms with Crippen molar-refractivity contribution in [1.29, 1.82) is 0 Å². The molecule has 3 aromatic carbocycles. The van der Waals surface area contributed by atoms with Crippen molar-refractivity contribution in [3.05, 3.63) is 77.3 Å². The fraction of sp³-hybridized carbons (Fsp3) is 0.143. The molecule has 0 aliphatic rings. The van der Waals surface area contributed by atoms with Crippen LogP contribution in [0.1, 0.15) is 19.4 Å². The number of hydrogen-bond donors (Lipinski definition) is 2. The number of halogens is 1. The highest BCUT2D eigenvalue weighted by molar-refractivity contribution is 6.30. The number of amides is 1. The Morgan fingerprint density at radius 2 is 1.69 bits per heavy atom. The summed E-state index contributed by atoms with van der Waals surface area (Å²) >= 11 is 5.87. The molecular weight excluding hydrogens is 346 g/mol. The number of nitrogens with zero attached hydrogens (tertiary/aromatic N) is 1. The first-order chi connectivity index (χ1) is 12.5. The second-order valence-electron chi connectivity index (χ2n) is 6.11. The van der Waals surface area contributed by atoms with Crippen LogP contribution in [0.15, 0.2) is 71.8 Å². The van der Waals surface area contributed by atoms with Gasteiger partial charge in [0.25, 0.3) is 5.91 Å². The Kier molecular flexibility index (Phi) is 5.54. The van der Waals surface area contributed by atoms with E-state index >= 15 is 0 Å². The average molecular weight is 366 g/mol. The molecule has 0 aliphatic carbocycles. The number of anilines is 1. The Labute approximate surface area is 157 Å². The van der Waals surface area contributed by atoms with Crippen molar-refractivity contribution in [2.45, 2.75) is 19.9 Å². The van der Waals surface area contributed by atoms with E-state index in [0.717, 1.165) is 22.3 Å². The monoisotopic (exact) mass is 365 g/mol. The van der Waals surface area contributed by atoms with Crippen molar-refractivity contribution in [3.63, 3.8) is 0 Å². The minimum atomic E-state index is -0.427. The first-order valence-electron chi connectivity index (χ1n) is 8.38. The van der Waals surface area contributed by atoms with Crippen molar-refractivity contribution in [2.24, 2.45) is 5.10 Å². The van der Waals surface area contributed by atoms with Crippen molar-refractivity contribution in [2.75, 3.05) is 5.32 Å². The maximum atomic E-state index is 12.3. The molecule has 0 saturated carbocycles. The van der Waals surface area contributed by atoms with Crippen LogP contribution in [0.25, 0.3) is 10.8 Å². The number of benzene rings is 3. The first kappa shape index (κ1) is 18.0. The number of rotatable bonds is 5. The molecule has 3 aromatic rings. The highest BCUT2D eigenvalue weighted by Gasteiger charge is 2.12. The summed E-state index contributed by atoms with van der Waals surface area (Å²) in [6, 6.07) is 21.0. The van der Waals surface area contributed by atoms with E-state index in [0.29, 0.717) is 5.02 Å². The lowest BCUT2D eigenvalue weighted by Gasteiger charge is -2.14. The molecule has 0 spiro atoms. The van der Waals surface area contributed by atoms with E-state index in [9.17, 15) is 4.79 Å². The van der Waals surface area contributed by atoms with Gasteiger partial charge in [-0.15, -0.1) is 0 Å². The van der Waals surface area contributed by atoms with Crippen LogP contribution in [0.2, 0.25) is 5.02 Å². The largest absolute Gasteiger partial charge is 0.374 e. The Morgan fingerprint density at radius 1 is 1.00 bits per heavy atom. The SMILES string of the molecule is CC(=NNC(=O)[C@H](C)Nc1ccc(Cl)cc1)c1ccc2ccccc2c1. The zero-order valence-corrected chi connectivity index (χ0v) is 15.4. The predicted molar refractivity (Wildman–Crippen MR) is 109 cm³/mol. The number of nitrogens with one attached hydrogen (secondary N) is 2. The van der Waals surface area contributed by atoms with Gasteiger partial charge >= 0.3 is 0 Å². The molecular formula is C21H20ClN3O. The summed E-state index contributed by atoms with van der Waals surface area (Å²) < 4.78 is 0. The van der Waals surface area contributed by atoms with Crippen LogP contribution < -0.4 is 10.7 Å². The number of hydrazone groups is 1. The third kappa shape index (κ3) is 4.41. The second kappa shape index (κ2) is 8.02. The molecule has 0 heterocycles. The van der Waals surface area contributed by atoms with Crippen LogP contribution in [0.4, 0.5) is 5.69 Å². The van der Waals surface area contributed by atoms with Crippen LogP contribution in [0.5, 0.6) is 0 Å². The lowest BCUT2D eigenvalue weighted by atomic mass is 10.0. The van der Waals surface area contributed by atoms with Crippen LogP contribution in [0, 0.1) is 0 Å². The molecule has 0 aliphatic heterocycles. The summed E-state index contributed by atoms with van der Waals surface area (Å²) in [7, 11) is 0. The number of carbonyl (C=O) groups excluding carboxylic acids is 1. The molecule has 1 atom stereocenters. The molecule has 1 amide bonds. The summed E-state index contributed by atoms with van der Waals surface area (Å²) in [6.45, 7) is 3.66. The molecule has 0 radical (unpaired) electrons. The smallest absolute Gasteiger partial charge is 0.262 e. The first-order valence-corrected chi connectivity index (χ1v) is 8.76. The average Bonchev–Trinajstić information content (AvgIpc) is 2.67. The van der Waals surface area contributed by atoms with Gasteiger partial charge in [-0.1, -0.05) is 48.0 Å². The van der Waals surface area contributed by atoms with E-state index in [-0.39, 0.29) is 5.91 Å². The fourth-order valence-electron chi connectivity index (χ4n) is 2.58. The summed E-state index contributed by atoms with van der Waals surface area (Å²) in [5.74, 6) is -0.208. The van der Waals surface area contributed by atoms with Crippen LogP contribution in [-0.2, 0) is 4.79 Å². The summed E-state index contributed by atoms with van der Waals surface area (Å²) in [4.78, 5) is 12.3. The molecule has 0 fully saturated rings. The Bertz CT molecular complexity index is 951. The summed E-state index contributed by atoms with van der Waals surface area (Å²) in [5, 5.41) is 10.3. The summed E-state index contributed by atoms with van der Waals surface area (Å²) in [5.41, 5.74) is 5.17. The van der Waals surface area contributed by atoms with Gasteiger partial charge in [0.1, 0.15) is 6.04 Å². The topological polar surface area (TPSA) is 53.5 Å². The number of carbonyl (C=O) groups is 1. The fourth-order valence-corrected chi connectivity index (χ4v) is 2.70. The van der Waals surface area contributed by atoms with E-state index in [4.69, 9.17) is 11.6 Å². The van der Waals surface area contributed by atoms with E-state index in [1.807, 2.05) is 37.3 Å². The molecule has 0 unspecified atom stereocenters. The quantitative estimate of drug-likeness (QED) is 0.502. The standard InChI is InChI=1S/C21H20ClN3O/c1-14(17-8-7-16-5-3-4-6-18(16)13-17)24-25-21(26)15(2)23-20-11-9-19(22)10-12-20/h3-13,15,23H,1-2H3,(H,25,26)/t15-/m0/s1. The van der Waals surface area contributed by atoms with E-state index in [1.54, 1.807) is 19.1 Å². The van der Waals surface area contributed by atoms with Crippen molar-refractivity contribution in [3.8, 4) is 0 Å². The number of fused-ring (bicyclic) bond motifs is 1. The van der Waals surface area contributed by atoms with Gasteiger partial charge in [0.15, 0.2) is 0 Å². The molecule has 132 valence electrons. The van der Waals surface area contributed by atoms with Gasteiger partial charge in [0.05, 0.1) is 5.71 Å². The Morgan fingerprint density at radius 3 is 2.42 bits per heavy atom. The molecule has 5 heteroatoms. The van der Waals surface area contributed by atoms with Gasteiger partial charge < -0.3 is 5.32 Å². The second-order valence-corrected chi connectivity index (χ2v) is 6.54. The Balaban J connectivity index is 1.65. The maximum Gasteiger partial charge on any atom is 0.262 e. The van der Waals surface area contributed by atoms with Crippen molar-refractivity contribution in [1.82, 2.24) is 5.43 Å².